The standard InChI is InChI=1S/C21H29N7.HI/c1-4-22-21(23-11-7-13-28-14-8-12-25-28)24-16-17-15-20(27(2)3)26-19-10-6-5-9-18(17)19;/h5-6,8-10,12,14-15H,4,7,11,13,16H2,1-3H3,(H2,22,23,24);1H. The van der Waals surface area contributed by atoms with Gasteiger partial charge in [-0.25, -0.2) is 9.98 Å². The van der Waals surface area contributed by atoms with Crippen LogP contribution in [-0.2, 0) is 13.1 Å². The van der Waals surface area contributed by atoms with Crippen LogP contribution in [0.15, 0.2) is 53.8 Å². The molecule has 0 aliphatic carbocycles. The highest BCUT2D eigenvalue weighted by Gasteiger charge is 2.07. The van der Waals surface area contributed by atoms with E-state index in [1.165, 1.54) is 5.56 Å². The molecule has 29 heavy (non-hydrogen) atoms. The first-order valence-corrected chi connectivity index (χ1v) is 9.73. The first-order valence-electron chi connectivity index (χ1n) is 9.73. The Bertz CT molecular complexity index is 907. The van der Waals surface area contributed by atoms with Crippen LogP contribution in [0.2, 0.25) is 0 Å². The van der Waals surface area contributed by atoms with Crippen molar-refractivity contribution in [3.05, 3.63) is 54.4 Å². The Labute approximate surface area is 189 Å². The number of hydrogen-bond acceptors (Lipinski definition) is 4. The van der Waals surface area contributed by atoms with Gasteiger partial charge in [-0.3, -0.25) is 4.68 Å². The number of halogens is 1. The first-order chi connectivity index (χ1) is 13.7. The van der Waals surface area contributed by atoms with Crippen molar-refractivity contribution in [1.29, 1.82) is 0 Å². The summed E-state index contributed by atoms with van der Waals surface area (Å²) in [5, 5.41) is 12.1. The van der Waals surface area contributed by atoms with Crippen LogP contribution in [-0.4, -0.2) is 47.9 Å². The molecule has 0 bridgehead atoms. The highest BCUT2D eigenvalue weighted by atomic mass is 127. The summed E-state index contributed by atoms with van der Waals surface area (Å²) < 4.78 is 1.94. The van der Waals surface area contributed by atoms with Gasteiger partial charge in [0.2, 0.25) is 0 Å². The Morgan fingerprint density at radius 1 is 1.17 bits per heavy atom. The zero-order valence-electron chi connectivity index (χ0n) is 17.3. The van der Waals surface area contributed by atoms with Crippen LogP contribution in [0.4, 0.5) is 5.82 Å². The molecule has 2 heterocycles. The zero-order chi connectivity index (χ0) is 19.8. The zero-order valence-corrected chi connectivity index (χ0v) is 19.6. The predicted octanol–water partition coefficient (Wildman–Crippen LogP) is 3.26. The lowest BCUT2D eigenvalue weighted by Gasteiger charge is -2.15. The number of nitrogens with one attached hydrogen (secondary N) is 2. The van der Waals surface area contributed by atoms with Gasteiger partial charge < -0.3 is 15.5 Å². The fourth-order valence-corrected chi connectivity index (χ4v) is 2.98. The Hall–Kier alpha value is -2.36. The third-order valence-electron chi connectivity index (χ3n) is 4.41. The van der Waals surface area contributed by atoms with Gasteiger partial charge in [0.15, 0.2) is 5.96 Å². The average molecular weight is 507 g/mol. The van der Waals surface area contributed by atoms with Gasteiger partial charge in [-0.15, -0.1) is 24.0 Å². The topological polar surface area (TPSA) is 70.4 Å². The fraction of sp³-hybridized carbons (Fsp3) is 0.381. The van der Waals surface area contributed by atoms with Crippen molar-refractivity contribution in [3.63, 3.8) is 0 Å². The van der Waals surface area contributed by atoms with E-state index in [-0.39, 0.29) is 24.0 Å². The van der Waals surface area contributed by atoms with Crippen LogP contribution in [0.25, 0.3) is 10.9 Å². The van der Waals surface area contributed by atoms with Crippen molar-refractivity contribution >= 4 is 46.7 Å². The summed E-state index contributed by atoms with van der Waals surface area (Å²) in [5.74, 6) is 1.77. The van der Waals surface area contributed by atoms with Crippen molar-refractivity contribution in [2.24, 2.45) is 4.99 Å². The molecular formula is C21H30IN7. The fourth-order valence-electron chi connectivity index (χ4n) is 2.98. The van der Waals surface area contributed by atoms with E-state index in [0.29, 0.717) is 6.54 Å². The number of guanidine groups is 1. The molecule has 7 nitrogen and oxygen atoms in total. The van der Waals surface area contributed by atoms with Crippen molar-refractivity contribution in [2.75, 3.05) is 32.1 Å². The van der Waals surface area contributed by atoms with E-state index < -0.39 is 0 Å². The number of aromatic nitrogens is 3. The minimum atomic E-state index is 0. The SMILES string of the molecule is CCNC(=NCc1cc(N(C)C)nc2ccccc12)NCCCn1cccn1.I. The molecule has 156 valence electrons. The van der Waals surface area contributed by atoms with Crippen LogP contribution in [0.5, 0.6) is 0 Å². The van der Waals surface area contributed by atoms with Gasteiger partial charge in [-0.1, -0.05) is 18.2 Å². The molecule has 1 aromatic carbocycles. The normalized spacial score (nSPS) is 11.2. The lowest BCUT2D eigenvalue weighted by Crippen LogP contribution is -2.38. The number of pyridine rings is 1. The highest BCUT2D eigenvalue weighted by Crippen LogP contribution is 2.22. The number of nitrogens with zero attached hydrogens (tertiary/aromatic N) is 5. The summed E-state index contributed by atoms with van der Waals surface area (Å²) in [5.41, 5.74) is 2.17. The second kappa shape index (κ2) is 11.6. The first kappa shape index (κ1) is 22.9. The molecule has 0 saturated carbocycles. The molecule has 2 aromatic heterocycles. The maximum Gasteiger partial charge on any atom is 0.191 e. The van der Waals surface area contributed by atoms with Crippen LogP contribution < -0.4 is 15.5 Å². The molecule has 0 spiro atoms. The van der Waals surface area contributed by atoms with Crippen molar-refractivity contribution in [1.82, 2.24) is 25.4 Å². The summed E-state index contributed by atoms with van der Waals surface area (Å²) in [6.07, 6.45) is 4.77. The monoisotopic (exact) mass is 507 g/mol. The third kappa shape index (κ3) is 6.59. The number of hydrogen-bond donors (Lipinski definition) is 2. The van der Waals surface area contributed by atoms with E-state index in [9.17, 15) is 0 Å². The van der Waals surface area contributed by atoms with E-state index in [2.05, 4.69) is 34.8 Å². The Balaban J connectivity index is 0.00000300. The Morgan fingerprint density at radius 3 is 2.72 bits per heavy atom. The lowest BCUT2D eigenvalue weighted by atomic mass is 10.1. The summed E-state index contributed by atoms with van der Waals surface area (Å²) in [7, 11) is 4.02. The molecule has 0 radical (unpaired) electrons. The summed E-state index contributed by atoms with van der Waals surface area (Å²) in [6, 6.07) is 12.3. The molecular weight excluding hydrogens is 477 g/mol. The number of rotatable bonds is 8. The van der Waals surface area contributed by atoms with Gasteiger partial charge in [0, 0.05) is 51.5 Å². The van der Waals surface area contributed by atoms with Crippen molar-refractivity contribution < 1.29 is 0 Å². The lowest BCUT2D eigenvalue weighted by molar-refractivity contribution is 0.570. The van der Waals surface area contributed by atoms with Gasteiger partial charge in [0.1, 0.15) is 5.82 Å². The number of fused-ring (bicyclic) bond motifs is 1. The maximum absolute atomic E-state index is 4.79. The summed E-state index contributed by atoms with van der Waals surface area (Å²) >= 11 is 0. The number of aryl methyl sites for hydroxylation is 1. The third-order valence-corrected chi connectivity index (χ3v) is 4.41. The van der Waals surface area contributed by atoms with E-state index in [1.807, 2.05) is 54.1 Å². The van der Waals surface area contributed by atoms with Gasteiger partial charge in [0.25, 0.3) is 0 Å². The van der Waals surface area contributed by atoms with E-state index in [1.54, 1.807) is 6.20 Å². The van der Waals surface area contributed by atoms with Gasteiger partial charge in [-0.05, 0) is 37.1 Å². The van der Waals surface area contributed by atoms with E-state index >= 15 is 0 Å². The number of aliphatic imine (C=N–C) groups is 1. The molecule has 0 saturated heterocycles. The summed E-state index contributed by atoms with van der Waals surface area (Å²) in [4.78, 5) is 11.5. The Kier molecular flexibility index (Phi) is 9.17. The molecule has 8 heteroatoms. The van der Waals surface area contributed by atoms with Gasteiger partial charge in [-0.2, -0.15) is 5.10 Å². The smallest absolute Gasteiger partial charge is 0.191 e. The molecule has 0 aliphatic heterocycles. The predicted molar refractivity (Wildman–Crippen MR) is 131 cm³/mol. The molecule has 2 N–H and O–H groups in total. The quantitative estimate of drug-likeness (QED) is 0.212. The molecule has 3 aromatic rings. The molecule has 3 rings (SSSR count). The maximum atomic E-state index is 4.79. The number of anilines is 1. The van der Waals surface area contributed by atoms with Crippen molar-refractivity contribution in [3.8, 4) is 0 Å². The highest BCUT2D eigenvalue weighted by molar-refractivity contribution is 14.0. The number of benzene rings is 1. The van der Waals surface area contributed by atoms with Crippen LogP contribution >= 0.6 is 24.0 Å². The largest absolute Gasteiger partial charge is 0.363 e. The van der Waals surface area contributed by atoms with Crippen LogP contribution in [0, 0.1) is 0 Å². The minimum Gasteiger partial charge on any atom is -0.363 e. The van der Waals surface area contributed by atoms with Gasteiger partial charge >= 0.3 is 0 Å². The van der Waals surface area contributed by atoms with Gasteiger partial charge in [0.05, 0.1) is 12.1 Å². The molecule has 0 unspecified atom stereocenters. The molecule has 0 atom stereocenters. The number of para-hydroxylation sites is 1. The van der Waals surface area contributed by atoms with Crippen molar-refractivity contribution in [2.45, 2.75) is 26.4 Å². The molecule has 0 aliphatic rings. The van der Waals surface area contributed by atoms with E-state index in [0.717, 1.165) is 48.7 Å². The molecule has 0 amide bonds. The van der Waals surface area contributed by atoms with Crippen LogP contribution in [0.1, 0.15) is 18.9 Å². The second-order valence-corrected chi connectivity index (χ2v) is 6.80. The Morgan fingerprint density at radius 2 is 2.00 bits per heavy atom. The second-order valence-electron chi connectivity index (χ2n) is 6.80. The minimum absolute atomic E-state index is 0. The van der Waals surface area contributed by atoms with E-state index in [4.69, 9.17) is 9.98 Å². The van der Waals surface area contributed by atoms with Crippen LogP contribution in [0.3, 0.4) is 0 Å². The molecule has 0 fully saturated rings. The average Bonchev–Trinajstić information content (AvgIpc) is 3.22. The summed E-state index contributed by atoms with van der Waals surface area (Å²) in [6.45, 7) is 5.22.